The summed E-state index contributed by atoms with van der Waals surface area (Å²) in [5.41, 5.74) is 7.15. The Hall–Kier alpha value is -1.39. The molecule has 1 aromatic carbocycles. The number of amides is 1. The van der Waals surface area contributed by atoms with Crippen molar-refractivity contribution < 1.29 is 9.53 Å². The molecule has 0 aliphatic carbocycles. The van der Waals surface area contributed by atoms with Crippen molar-refractivity contribution in [2.75, 3.05) is 13.2 Å². The average Bonchev–Trinajstić information content (AvgIpc) is 2.99. The van der Waals surface area contributed by atoms with Gasteiger partial charge in [-0.3, -0.25) is 4.79 Å². The Morgan fingerprint density at radius 3 is 2.90 bits per heavy atom. The highest BCUT2D eigenvalue weighted by atomic mass is 16.5. The van der Waals surface area contributed by atoms with Crippen LogP contribution in [-0.4, -0.2) is 25.2 Å². The van der Waals surface area contributed by atoms with E-state index in [1.54, 1.807) is 0 Å². The number of rotatable bonds is 7. The van der Waals surface area contributed by atoms with Gasteiger partial charge in [0.2, 0.25) is 5.91 Å². The molecule has 1 heterocycles. The molecule has 110 valence electrons. The fraction of sp³-hybridized carbons (Fsp3) is 0.562. The number of carbonyl (C=O) groups excluding carboxylic acids is 1. The molecule has 0 aromatic heterocycles. The number of carbonyl (C=O) groups is 1. The summed E-state index contributed by atoms with van der Waals surface area (Å²) < 4.78 is 5.52. The van der Waals surface area contributed by atoms with Crippen LogP contribution in [0.25, 0.3) is 0 Å². The number of hydrogen-bond acceptors (Lipinski definition) is 3. The van der Waals surface area contributed by atoms with Crippen LogP contribution >= 0.6 is 0 Å². The summed E-state index contributed by atoms with van der Waals surface area (Å²) in [6.07, 6.45) is 4.66. The Labute approximate surface area is 120 Å². The first-order valence-electron chi connectivity index (χ1n) is 7.44. The minimum Gasteiger partial charge on any atom is -0.378 e. The zero-order chi connectivity index (χ0) is 14.2. The van der Waals surface area contributed by atoms with Gasteiger partial charge in [-0.2, -0.15) is 0 Å². The van der Waals surface area contributed by atoms with E-state index in [-0.39, 0.29) is 11.9 Å². The molecule has 4 heteroatoms. The molecule has 1 fully saturated rings. The summed E-state index contributed by atoms with van der Waals surface area (Å²) in [5.74, 6) is 0.0781. The van der Waals surface area contributed by atoms with Gasteiger partial charge in [-0.15, -0.1) is 0 Å². The SMILES string of the molecule is NC(CCC(=O)NCCC1CCCO1)c1ccccc1. The molecule has 20 heavy (non-hydrogen) atoms. The topological polar surface area (TPSA) is 64.4 Å². The first-order valence-corrected chi connectivity index (χ1v) is 7.44. The molecule has 0 radical (unpaired) electrons. The van der Waals surface area contributed by atoms with Crippen LogP contribution in [0.3, 0.4) is 0 Å². The third-order valence-electron chi connectivity index (χ3n) is 3.72. The van der Waals surface area contributed by atoms with Gasteiger partial charge >= 0.3 is 0 Å². The number of nitrogens with two attached hydrogens (primary N) is 1. The van der Waals surface area contributed by atoms with Crippen molar-refractivity contribution in [1.82, 2.24) is 5.32 Å². The van der Waals surface area contributed by atoms with Crippen LogP contribution in [0.4, 0.5) is 0 Å². The van der Waals surface area contributed by atoms with Crippen molar-refractivity contribution in [3.63, 3.8) is 0 Å². The van der Waals surface area contributed by atoms with Gasteiger partial charge in [-0.1, -0.05) is 30.3 Å². The second-order valence-electron chi connectivity index (χ2n) is 5.33. The van der Waals surface area contributed by atoms with Gasteiger partial charge in [-0.05, 0) is 31.2 Å². The Kier molecular flexibility index (Phi) is 6.02. The quantitative estimate of drug-likeness (QED) is 0.802. The smallest absolute Gasteiger partial charge is 0.220 e. The lowest BCUT2D eigenvalue weighted by Gasteiger charge is -2.13. The molecule has 1 saturated heterocycles. The first kappa shape index (κ1) is 15.0. The van der Waals surface area contributed by atoms with Gasteiger partial charge in [0.15, 0.2) is 0 Å². The van der Waals surface area contributed by atoms with E-state index in [2.05, 4.69) is 5.32 Å². The van der Waals surface area contributed by atoms with E-state index in [0.29, 0.717) is 25.5 Å². The second-order valence-corrected chi connectivity index (χ2v) is 5.33. The fourth-order valence-corrected chi connectivity index (χ4v) is 2.49. The molecule has 4 nitrogen and oxygen atoms in total. The molecular weight excluding hydrogens is 252 g/mol. The third kappa shape index (κ3) is 4.94. The van der Waals surface area contributed by atoms with Crippen LogP contribution in [0.15, 0.2) is 30.3 Å². The molecule has 2 atom stereocenters. The van der Waals surface area contributed by atoms with E-state index >= 15 is 0 Å². The van der Waals surface area contributed by atoms with Gasteiger partial charge in [0.1, 0.15) is 0 Å². The fourth-order valence-electron chi connectivity index (χ4n) is 2.49. The van der Waals surface area contributed by atoms with Crippen LogP contribution in [0.1, 0.15) is 43.7 Å². The normalized spacial score (nSPS) is 19.8. The number of hydrogen-bond donors (Lipinski definition) is 2. The maximum Gasteiger partial charge on any atom is 0.220 e. The monoisotopic (exact) mass is 276 g/mol. The summed E-state index contributed by atoms with van der Waals surface area (Å²) in [4.78, 5) is 11.7. The van der Waals surface area contributed by atoms with Gasteiger partial charge in [-0.25, -0.2) is 0 Å². The summed E-state index contributed by atoms with van der Waals surface area (Å²) in [6, 6.07) is 9.84. The highest BCUT2D eigenvalue weighted by Crippen LogP contribution is 2.16. The summed E-state index contributed by atoms with van der Waals surface area (Å²) in [5, 5.41) is 2.94. The summed E-state index contributed by atoms with van der Waals surface area (Å²) in [6.45, 7) is 1.56. The molecule has 1 aliphatic rings. The Bertz CT molecular complexity index is 402. The third-order valence-corrected chi connectivity index (χ3v) is 3.72. The van der Waals surface area contributed by atoms with Crippen molar-refractivity contribution in [1.29, 1.82) is 0 Å². The molecule has 1 amide bonds. The predicted octanol–water partition coefficient (Wildman–Crippen LogP) is 2.15. The number of ether oxygens (including phenoxy) is 1. The molecule has 1 aliphatic heterocycles. The van der Waals surface area contributed by atoms with E-state index in [1.807, 2.05) is 30.3 Å². The average molecular weight is 276 g/mol. The Balaban J connectivity index is 1.59. The lowest BCUT2D eigenvalue weighted by molar-refractivity contribution is -0.121. The van der Waals surface area contributed by atoms with Crippen molar-refractivity contribution in [2.45, 2.75) is 44.2 Å². The maximum absolute atomic E-state index is 11.7. The van der Waals surface area contributed by atoms with Crippen molar-refractivity contribution in [3.05, 3.63) is 35.9 Å². The van der Waals surface area contributed by atoms with E-state index in [0.717, 1.165) is 31.4 Å². The lowest BCUT2D eigenvalue weighted by Crippen LogP contribution is -2.27. The van der Waals surface area contributed by atoms with E-state index in [1.165, 1.54) is 0 Å². The highest BCUT2D eigenvalue weighted by molar-refractivity contribution is 5.75. The Morgan fingerprint density at radius 1 is 1.40 bits per heavy atom. The zero-order valence-electron chi connectivity index (χ0n) is 11.9. The lowest BCUT2D eigenvalue weighted by atomic mass is 10.0. The van der Waals surface area contributed by atoms with Crippen molar-refractivity contribution in [2.24, 2.45) is 5.73 Å². The molecule has 1 aromatic rings. The van der Waals surface area contributed by atoms with Crippen LogP contribution < -0.4 is 11.1 Å². The van der Waals surface area contributed by atoms with Crippen LogP contribution in [0.2, 0.25) is 0 Å². The molecule has 0 saturated carbocycles. The zero-order valence-corrected chi connectivity index (χ0v) is 11.9. The predicted molar refractivity (Wildman–Crippen MR) is 79.2 cm³/mol. The van der Waals surface area contributed by atoms with Gasteiger partial charge in [0.25, 0.3) is 0 Å². The molecule has 0 spiro atoms. The Morgan fingerprint density at radius 2 is 2.20 bits per heavy atom. The molecule has 2 rings (SSSR count). The molecule has 2 unspecified atom stereocenters. The van der Waals surface area contributed by atoms with Gasteiger partial charge in [0.05, 0.1) is 6.10 Å². The standard InChI is InChI=1S/C16H24N2O2/c17-15(13-5-2-1-3-6-13)8-9-16(19)18-11-10-14-7-4-12-20-14/h1-3,5-6,14-15H,4,7-12,17H2,(H,18,19). The molecule has 0 bridgehead atoms. The van der Waals surface area contributed by atoms with Gasteiger partial charge in [0, 0.05) is 25.6 Å². The second kappa shape index (κ2) is 8.02. The van der Waals surface area contributed by atoms with Crippen LogP contribution in [0, 0.1) is 0 Å². The van der Waals surface area contributed by atoms with E-state index in [4.69, 9.17) is 10.5 Å². The number of benzene rings is 1. The highest BCUT2D eigenvalue weighted by Gasteiger charge is 2.15. The first-order chi connectivity index (χ1) is 9.75. The van der Waals surface area contributed by atoms with Crippen LogP contribution in [-0.2, 0) is 9.53 Å². The summed E-state index contributed by atoms with van der Waals surface area (Å²) >= 11 is 0. The van der Waals surface area contributed by atoms with E-state index < -0.39 is 0 Å². The van der Waals surface area contributed by atoms with Gasteiger partial charge < -0.3 is 15.8 Å². The van der Waals surface area contributed by atoms with Crippen LogP contribution in [0.5, 0.6) is 0 Å². The maximum atomic E-state index is 11.7. The molecular formula is C16H24N2O2. The minimum atomic E-state index is -0.0693. The van der Waals surface area contributed by atoms with Crippen molar-refractivity contribution >= 4 is 5.91 Å². The largest absolute Gasteiger partial charge is 0.378 e. The van der Waals surface area contributed by atoms with Crippen molar-refractivity contribution in [3.8, 4) is 0 Å². The van der Waals surface area contributed by atoms with E-state index in [9.17, 15) is 4.79 Å². The molecule has 3 N–H and O–H groups in total. The summed E-state index contributed by atoms with van der Waals surface area (Å²) in [7, 11) is 0. The number of nitrogens with one attached hydrogen (secondary N) is 1. The minimum absolute atomic E-state index is 0.0693.